The third kappa shape index (κ3) is 4.18. The highest BCUT2D eigenvalue weighted by Gasteiger charge is 2.30. The third-order valence-corrected chi connectivity index (χ3v) is 4.75. The number of hydrogen-bond donors (Lipinski definition) is 5. The second-order valence-electron chi connectivity index (χ2n) is 6.59. The summed E-state index contributed by atoms with van der Waals surface area (Å²) >= 11 is 0. The largest absolute Gasteiger partial charge is 0.508 e. The van der Waals surface area contributed by atoms with Crippen molar-refractivity contribution in [3.05, 3.63) is 53.1 Å². The SMILES string of the molecule is CC(Cc1ccc(O)cc1)NC1CCc2c(ccc(O)c2N)C1O.Cl. The minimum Gasteiger partial charge on any atom is -0.508 e. The van der Waals surface area contributed by atoms with E-state index in [0.717, 1.165) is 36.0 Å². The molecule has 2 aromatic rings. The lowest BCUT2D eigenvalue weighted by molar-refractivity contribution is 0.109. The van der Waals surface area contributed by atoms with Gasteiger partial charge in [0, 0.05) is 12.1 Å². The molecule has 0 radical (unpaired) electrons. The Balaban J connectivity index is 0.00000225. The minimum absolute atomic E-state index is 0. The summed E-state index contributed by atoms with van der Waals surface area (Å²) < 4.78 is 0. The van der Waals surface area contributed by atoms with Gasteiger partial charge in [-0.2, -0.15) is 0 Å². The molecule has 3 atom stereocenters. The molecule has 2 aromatic carbocycles. The van der Waals surface area contributed by atoms with Crippen molar-refractivity contribution in [3.63, 3.8) is 0 Å². The van der Waals surface area contributed by atoms with Gasteiger partial charge in [0.2, 0.25) is 0 Å². The monoisotopic (exact) mass is 364 g/mol. The second-order valence-corrected chi connectivity index (χ2v) is 6.59. The minimum atomic E-state index is -0.640. The molecule has 0 aliphatic heterocycles. The normalized spacial score (nSPS) is 20.4. The first kappa shape index (κ1) is 19.4. The Morgan fingerprint density at radius 2 is 1.84 bits per heavy atom. The lowest BCUT2D eigenvalue weighted by Gasteiger charge is -2.33. The highest BCUT2D eigenvalue weighted by Crippen LogP contribution is 2.37. The van der Waals surface area contributed by atoms with Crippen LogP contribution in [0.1, 0.15) is 36.1 Å². The van der Waals surface area contributed by atoms with Crippen LogP contribution >= 0.6 is 12.4 Å². The maximum Gasteiger partial charge on any atom is 0.138 e. The van der Waals surface area contributed by atoms with Crippen LogP contribution in [-0.4, -0.2) is 27.4 Å². The zero-order valence-electron chi connectivity index (χ0n) is 14.1. The van der Waals surface area contributed by atoms with E-state index in [1.165, 1.54) is 0 Å². The number of nitrogens with two attached hydrogens (primary N) is 1. The number of aliphatic hydroxyl groups is 1. The van der Waals surface area contributed by atoms with Crippen LogP contribution in [0.15, 0.2) is 36.4 Å². The van der Waals surface area contributed by atoms with Crippen LogP contribution in [0.2, 0.25) is 0 Å². The Hall–Kier alpha value is -1.95. The lowest BCUT2D eigenvalue weighted by atomic mass is 9.84. The van der Waals surface area contributed by atoms with Crippen LogP contribution in [0, 0.1) is 0 Å². The molecule has 3 rings (SSSR count). The van der Waals surface area contributed by atoms with Gasteiger partial charge in [-0.1, -0.05) is 18.2 Å². The zero-order valence-corrected chi connectivity index (χ0v) is 15.0. The number of benzene rings is 2. The molecular weight excluding hydrogens is 340 g/mol. The molecule has 5 nitrogen and oxygen atoms in total. The molecule has 0 heterocycles. The van der Waals surface area contributed by atoms with Crippen molar-refractivity contribution < 1.29 is 15.3 Å². The van der Waals surface area contributed by atoms with Crippen LogP contribution in [0.3, 0.4) is 0 Å². The maximum absolute atomic E-state index is 10.7. The zero-order chi connectivity index (χ0) is 17.3. The molecule has 0 spiro atoms. The molecular formula is C19H25ClN2O3. The van der Waals surface area contributed by atoms with Crippen molar-refractivity contribution in [1.82, 2.24) is 5.32 Å². The fraction of sp³-hybridized carbons (Fsp3) is 0.368. The van der Waals surface area contributed by atoms with Gasteiger partial charge in [-0.15, -0.1) is 12.4 Å². The molecule has 0 fully saturated rings. The highest BCUT2D eigenvalue weighted by atomic mass is 35.5. The molecule has 0 saturated heterocycles. The van der Waals surface area contributed by atoms with Crippen LogP contribution in [0.25, 0.3) is 0 Å². The number of nitrogen functional groups attached to an aromatic ring is 1. The molecule has 1 aliphatic rings. The van der Waals surface area contributed by atoms with E-state index < -0.39 is 6.10 Å². The molecule has 0 aromatic heterocycles. The molecule has 3 unspecified atom stereocenters. The average molecular weight is 365 g/mol. The summed E-state index contributed by atoms with van der Waals surface area (Å²) in [6.07, 6.45) is 1.67. The molecule has 136 valence electrons. The van der Waals surface area contributed by atoms with Crippen molar-refractivity contribution in [2.24, 2.45) is 0 Å². The fourth-order valence-corrected chi connectivity index (χ4v) is 3.48. The Morgan fingerprint density at radius 3 is 2.52 bits per heavy atom. The van der Waals surface area contributed by atoms with Gasteiger partial charge in [0.1, 0.15) is 11.5 Å². The van der Waals surface area contributed by atoms with E-state index in [2.05, 4.69) is 12.2 Å². The summed E-state index contributed by atoms with van der Waals surface area (Å²) in [4.78, 5) is 0. The van der Waals surface area contributed by atoms with E-state index in [9.17, 15) is 15.3 Å². The maximum atomic E-state index is 10.7. The summed E-state index contributed by atoms with van der Waals surface area (Å²) in [5, 5.41) is 33.2. The number of rotatable bonds is 4. The van der Waals surface area contributed by atoms with Crippen LogP contribution < -0.4 is 11.1 Å². The van der Waals surface area contributed by atoms with Gasteiger partial charge in [0.05, 0.1) is 11.8 Å². The third-order valence-electron chi connectivity index (χ3n) is 4.75. The number of phenols is 2. The summed E-state index contributed by atoms with van der Waals surface area (Å²) in [6.45, 7) is 2.08. The van der Waals surface area contributed by atoms with Gasteiger partial charge in [0.25, 0.3) is 0 Å². The fourth-order valence-electron chi connectivity index (χ4n) is 3.48. The number of nitrogens with one attached hydrogen (secondary N) is 1. The van der Waals surface area contributed by atoms with Gasteiger partial charge >= 0.3 is 0 Å². The van der Waals surface area contributed by atoms with Crippen LogP contribution in [-0.2, 0) is 12.8 Å². The number of fused-ring (bicyclic) bond motifs is 1. The van der Waals surface area contributed by atoms with Crippen LogP contribution in [0.4, 0.5) is 5.69 Å². The lowest BCUT2D eigenvalue weighted by Crippen LogP contribution is -2.44. The molecule has 0 bridgehead atoms. The van der Waals surface area contributed by atoms with Crippen LogP contribution in [0.5, 0.6) is 11.5 Å². The van der Waals surface area contributed by atoms with E-state index in [-0.39, 0.29) is 36.0 Å². The molecule has 6 heteroatoms. The highest BCUT2D eigenvalue weighted by molar-refractivity contribution is 5.85. The number of aromatic hydroxyl groups is 2. The number of phenolic OH excluding ortho intramolecular Hbond substituents is 2. The van der Waals surface area contributed by atoms with E-state index in [4.69, 9.17) is 5.73 Å². The number of hydrogen-bond acceptors (Lipinski definition) is 5. The Labute approximate surface area is 153 Å². The smallest absolute Gasteiger partial charge is 0.138 e. The van der Waals surface area contributed by atoms with Gasteiger partial charge in [0.15, 0.2) is 0 Å². The molecule has 0 amide bonds. The Kier molecular flexibility index (Phi) is 6.16. The number of anilines is 1. The predicted molar refractivity (Wildman–Crippen MR) is 101 cm³/mol. The number of aliphatic hydroxyl groups excluding tert-OH is 1. The Bertz CT molecular complexity index is 721. The van der Waals surface area contributed by atoms with Gasteiger partial charge < -0.3 is 26.4 Å². The summed E-state index contributed by atoms with van der Waals surface area (Å²) in [6, 6.07) is 10.6. The van der Waals surface area contributed by atoms with E-state index in [0.29, 0.717) is 5.69 Å². The predicted octanol–water partition coefficient (Wildman–Crippen LogP) is 2.67. The van der Waals surface area contributed by atoms with Crippen molar-refractivity contribution in [1.29, 1.82) is 0 Å². The van der Waals surface area contributed by atoms with Gasteiger partial charge in [-0.25, -0.2) is 0 Å². The van der Waals surface area contributed by atoms with Gasteiger partial charge in [-0.3, -0.25) is 0 Å². The van der Waals surface area contributed by atoms with E-state index >= 15 is 0 Å². The first-order valence-corrected chi connectivity index (χ1v) is 8.28. The topological polar surface area (TPSA) is 98.7 Å². The number of halogens is 1. The van der Waals surface area contributed by atoms with E-state index in [1.807, 2.05) is 12.1 Å². The Morgan fingerprint density at radius 1 is 1.16 bits per heavy atom. The summed E-state index contributed by atoms with van der Waals surface area (Å²) in [5.41, 5.74) is 9.08. The molecule has 25 heavy (non-hydrogen) atoms. The summed E-state index contributed by atoms with van der Waals surface area (Å²) in [5.74, 6) is 0.340. The first-order chi connectivity index (χ1) is 11.5. The summed E-state index contributed by atoms with van der Waals surface area (Å²) in [7, 11) is 0. The molecule has 0 saturated carbocycles. The second kappa shape index (κ2) is 7.95. The van der Waals surface area contributed by atoms with Crippen molar-refractivity contribution in [2.45, 2.75) is 44.4 Å². The van der Waals surface area contributed by atoms with Crippen molar-refractivity contribution >= 4 is 18.1 Å². The standard InChI is InChI=1S/C19H24N2O3.ClH/c1-11(10-12-2-4-13(22)5-3-12)21-16-8-6-14-15(19(16)24)7-9-17(23)18(14)20;/h2-5,7,9,11,16,19,21-24H,6,8,10,20H2,1H3;1H. The first-order valence-electron chi connectivity index (χ1n) is 8.28. The van der Waals surface area contributed by atoms with E-state index in [1.54, 1.807) is 24.3 Å². The molecule has 6 N–H and O–H groups in total. The molecule has 1 aliphatic carbocycles. The van der Waals surface area contributed by atoms with Crippen molar-refractivity contribution in [3.8, 4) is 11.5 Å². The van der Waals surface area contributed by atoms with Crippen molar-refractivity contribution in [2.75, 3.05) is 5.73 Å². The average Bonchev–Trinajstić information content (AvgIpc) is 2.56. The quantitative estimate of drug-likeness (QED) is 0.424. The van der Waals surface area contributed by atoms with Gasteiger partial charge in [-0.05, 0) is 61.1 Å².